The number of carbonyl (C=O) groups is 4. The van der Waals surface area contributed by atoms with Gasteiger partial charge >= 0.3 is 6.09 Å². The Morgan fingerprint density at radius 1 is 0.922 bits per heavy atom. The first-order valence-electron chi connectivity index (χ1n) is 17.8. The highest BCUT2D eigenvalue weighted by molar-refractivity contribution is 5.94. The summed E-state index contributed by atoms with van der Waals surface area (Å²) >= 11 is 0. The number of hydrogen-bond donors (Lipinski definition) is 2. The average molecular weight is 704 g/mol. The van der Waals surface area contributed by atoms with Crippen LogP contribution in [0.4, 0.5) is 9.18 Å². The molecule has 4 amide bonds. The number of rotatable bonds is 8. The van der Waals surface area contributed by atoms with Gasteiger partial charge < -0.3 is 25.0 Å². The van der Waals surface area contributed by atoms with Gasteiger partial charge in [0.05, 0.1) is 25.8 Å². The predicted molar refractivity (Wildman–Crippen MR) is 190 cm³/mol. The number of alkyl halides is 1. The summed E-state index contributed by atoms with van der Waals surface area (Å²) in [7, 11) is 0. The summed E-state index contributed by atoms with van der Waals surface area (Å²) in [6, 6.07) is 13.5. The van der Waals surface area contributed by atoms with Gasteiger partial charge in [-0.25, -0.2) is 9.18 Å². The van der Waals surface area contributed by atoms with Gasteiger partial charge in [-0.15, -0.1) is 0 Å². The summed E-state index contributed by atoms with van der Waals surface area (Å²) in [6.45, 7) is 13.3. The van der Waals surface area contributed by atoms with Crippen molar-refractivity contribution in [2.75, 3.05) is 45.9 Å². The number of nitrogens with zero attached hydrogens (tertiary/aromatic N) is 3. The Morgan fingerprint density at radius 2 is 1.55 bits per heavy atom. The molecule has 3 heterocycles. The molecule has 2 aromatic rings. The summed E-state index contributed by atoms with van der Waals surface area (Å²) in [5, 5.41) is 5.87. The number of benzene rings is 2. The second-order valence-corrected chi connectivity index (χ2v) is 14.8. The quantitative estimate of drug-likeness (QED) is 0.402. The number of nitrogens with one attached hydrogen (secondary N) is 2. The van der Waals surface area contributed by atoms with Crippen molar-refractivity contribution in [3.8, 4) is 11.8 Å². The Morgan fingerprint density at radius 3 is 2.16 bits per heavy atom. The van der Waals surface area contributed by atoms with E-state index in [1.807, 2.05) is 12.1 Å². The lowest BCUT2D eigenvalue weighted by Gasteiger charge is -2.28. The fourth-order valence-corrected chi connectivity index (χ4v) is 6.54. The van der Waals surface area contributed by atoms with E-state index in [1.54, 1.807) is 63.8 Å². The van der Waals surface area contributed by atoms with Crippen molar-refractivity contribution in [1.29, 1.82) is 0 Å². The number of likely N-dealkylation sites (tertiary alicyclic amines) is 2. The second kappa shape index (κ2) is 16.7. The van der Waals surface area contributed by atoms with Crippen LogP contribution in [0.25, 0.3) is 0 Å². The highest BCUT2D eigenvalue weighted by Gasteiger charge is 2.44. The zero-order valence-corrected chi connectivity index (χ0v) is 30.2. The average Bonchev–Trinajstić information content (AvgIpc) is 3.69. The minimum atomic E-state index is -1.34. The van der Waals surface area contributed by atoms with E-state index in [-0.39, 0.29) is 49.8 Å². The van der Waals surface area contributed by atoms with E-state index in [0.717, 1.165) is 48.9 Å². The minimum Gasteiger partial charge on any atom is -0.444 e. The number of morpholine rings is 1. The maximum absolute atomic E-state index is 14.4. The zero-order chi connectivity index (χ0) is 36.7. The van der Waals surface area contributed by atoms with Crippen molar-refractivity contribution < 1.29 is 33.0 Å². The molecule has 51 heavy (non-hydrogen) atoms. The van der Waals surface area contributed by atoms with E-state index < -0.39 is 35.9 Å². The Kier molecular flexibility index (Phi) is 12.4. The molecule has 3 saturated heterocycles. The molecule has 274 valence electrons. The monoisotopic (exact) mass is 703 g/mol. The van der Waals surface area contributed by atoms with Crippen molar-refractivity contribution in [1.82, 2.24) is 25.3 Å². The van der Waals surface area contributed by atoms with Gasteiger partial charge in [-0.05, 0) is 69.2 Å². The molecular weight excluding hydrogens is 653 g/mol. The molecule has 3 aliphatic heterocycles. The molecular formula is C39H50FN5O6. The van der Waals surface area contributed by atoms with Crippen LogP contribution in [0.15, 0.2) is 48.5 Å². The van der Waals surface area contributed by atoms with E-state index in [0.29, 0.717) is 12.0 Å². The van der Waals surface area contributed by atoms with E-state index in [2.05, 4.69) is 39.5 Å². The van der Waals surface area contributed by atoms with E-state index >= 15 is 0 Å². The van der Waals surface area contributed by atoms with Gasteiger partial charge in [0.1, 0.15) is 17.8 Å². The molecule has 0 bridgehead atoms. The van der Waals surface area contributed by atoms with E-state index in [4.69, 9.17) is 9.47 Å². The number of halogens is 1. The maximum Gasteiger partial charge on any atom is 0.411 e. The molecule has 11 nitrogen and oxygen atoms in total. The van der Waals surface area contributed by atoms with Crippen molar-refractivity contribution in [2.45, 2.75) is 83.9 Å². The third-order valence-corrected chi connectivity index (χ3v) is 9.18. The molecule has 0 aliphatic carbocycles. The zero-order valence-electron chi connectivity index (χ0n) is 30.2. The summed E-state index contributed by atoms with van der Waals surface area (Å²) in [5.41, 5.74) is 2.59. The molecule has 3 fully saturated rings. The molecule has 2 aromatic carbocycles. The molecule has 0 aromatic heterocycles. The van der Waals surface area contributed by atoms with Crippen LogP contribution in [0.5, 0.6) is 0 Å². The lowest BCUT2D eigenvalue weighted by molar-refractivity contribution is -0.135. The number of hydrogen-bond acceptors (Lipinski definition) is 7. The van der Waals surface area contributed by atoms with Gasteiger partial charge in [0.25, 0.3) is 5.91 Å². The normalized spacial score (nSPS) is 22.3. The summed E-state index contributed by atoms with van der Waals surface area (Å²) in [5.74, 6) is 5.18. The van der Waals surface area contributed by atoms with Crippen molar-refractivity contribution >= 4 is 23.8 Å². The molecule has 0 saturated carbocycles. The Labute approximate surface area is 300 Å². The topological polar surface area (TPSA) is 121 Å². The van der Waals surface area contributed by atoms with Crippen molar-refractivity contribution in [3.05, 3.63) is 70.8 Å². The van der Waals surface area contributed by atoms with Gasteiger partial charge in [-0.2, -0.15) is 0 Å². The predicted octanol–water partition coefficient (Wildman–Crippen LogP) is 3.74. The number of carbonyl (C=O) groups excluding carboxylic acids is 4. The van der Waals surface area contributed by atoms with E-state index in [9.17, 15) is 23.6 Å². The molecule has 0 unspecified atom stereocenters. The summed E-state index contributed by atoms with van der Waals surface area (Å²) in [4.78, 5) is 57.5. The van der Waals surface area contributed by atoms with Gasteiger partial charge in [0.2, 0.25) is 11.8 Å². The molecule has 2 N–H and O–H groups in total. The van der Waals surface area contributed by atoms with Crippen molar-refractivity contribution in [3.63, 3.8) is 0 Å². The molecule has 3 aliphatic rings. The van der Waals surface area contributed by atoms with Crippen LogP contribution in [0.1, 0.15) is 74.5 Å². The van der Waals surface area contributed by atoms with Crippen LogP contribution in [0.3, 0.4) is 0 Å². The standard InChI is InChI=1S/C39H50FN5O6/c1-26(2)37(48)44-25-32(42-36(47)34-20-31(40)24-45(34)38(49)51-39(3,4)5)21-33(44)22-41-35(46)30-14-12-28(13-15-30)7-6-27-8-10-29(11-9-27)23-43-16-18-50-19-17-43/h8-15,26,31-34H,16-25H2,1-5H3,(H,41,46)(H,42,47)/t31-,32+,33+,34-/m0/s1. The first kappa shape index (κ1) is 37.8. The van der Waals surface area contributed by atoms with Crippen LogP contribution >= 0.6 is 0 Å². The smallest absolute Gasteiger partial charge is 0.411 e. The number of ether oxygens (including phenoxy) is 2. The second-order valence-electron chi connectivity index (χ2n) is 14.8. The third-order valence-electron chi connectivity index (χ3n) is 9.18. The van der Waals surface area contributed by atoms with Crippen LogP contribution < -0.4 is 10.6 Å². The first-order valence-corrected chi connectivity index (χ1v) is 17.8. The lowest BCUT2D eigenvalue weighted by Crippen LogP contribution is -2.50. The largest absolute Gasteiger partial charge is 0.444 e. The highest BCUT2D eigenvalue weighted by Crippen LogP contribution is 2.25. The summed E-state index contributed by atoms with van der Waals surface area (Å²) in [6.07, 6.45) is -1.82. The first-order chi connectivity index (χ1) is 24.3. The fraction of sp³-hybridized carbons (Fsp3) is 0.538. The van der Waals surface area contributed by atoms with Crippen molar-refractivity contribution in [2.24, 2.45) is 5.92 Å². The highest BCUT2D eigenvalue weighted by atomic mass is 19.1. The van der Waals surface area contributed by atoms with Crippen LogP contribution in [-0.2, 0) is 25.6 Å². The molecule has 12 heteroatoms. The van der Waals surface area contributed by atoms with E-state index in [1.165, 1.54) is 5.56 Å². The molecule has 5 rings (SSSR count). The number of amides is 4. The Bertz CT molecular complexity index is 1610. The van der Waals surface area contributed by atoms with Gasteiger partial charge in [0.15, 0.2) is 0 Å². The van der Waals surface area contributed by atoms with Crippen LogP contribution in [0, 0.1) is 17.8 Å². The fourth-order valence-electron chi connectivity index (χ4n) is 6.54. The van der Waals surface area contributed by atoms with Gasteiger partial charge in [-0.1, -0.05) is 37.8 Å². The molecule has 0 radical (unpaired) electrons. The molecule has 0 spiro atoms. The lowest BCUT2D eigenvalue weighted by atomic mass is 10.1. The molecule has 4 atom stereocenters. The van der Waals surface area contributed by atoms with Crippen LogP contribution in [0.2, 0.25) is 0 Å². The summed E-state index contributed by atoms with van der Waals surface area (Å²) < 4.78 is 25.2. The Hall–Kier alpha value is -4.47. The maximum atomic E-state index is 14.4. The third kappa shape index (κ3) is 10.5. The Balaban J connectivity index is 1.15. The SMILES string of the molecule is CC(C)C(=O)N1C[C@H](NC(=O)[C@@H]2C[C@H](F)CN2C(=O)OC(C)(C)C)C[C@@H]1CNC(=O)c1ccc(C#Cc2ccc(CN3CCOCC3)cc2)cc1. The van der Waals surface area contributed by atoms with Crippen LogP contribution in [-0.4, -0.2) is 114 Å². The van der Waals surface area contributed by atoms with Gasteiger partial charge in [-0.3, -0.25) is 24.2 Å². The van der Waals surface area contributed by atoms with Gasteiger partial charge in [0, 0.05) is 67.8 Å². The minimum absolute atomic E-state index is 0.0965.